The molecule has 170 valence electrons. The normalized spacial score (nSPS) is 15.6. The molecule has 1 fully saturated rings. The van der Waals surface area contributed by atoms with Gasteiger partial charge in [-0.25, -0.2) is 8.42 Å². The van der Waals surface area contributed by atoms with Crippen LogP contribution < -0.4 is 9.47 Å². The second-order valence-electron chi connectivity index (χ2n) is 7.18. The Morgan fingerprint density at radius 1 is 1.00 bits per heavy atom. The highest BCUT2D eigenvalue weighted by molar-refractivity contribution is 7.89. The highest BCUT2D eigenvalue weighted by Crippen LogP contribution is 2.31. The summed E-state index contributed by atoms with van der Waals surface area (Å²) in [4.78, 5) is 2.25. The molecule has 0 aliphatic carbocycles. The third-order valence-corrected chi connectivity index (χ3v) is 7.48. The minimum absolute atomic E-state index is 0.126. The number of benzene rings is 2. The van der Waals surface area contributed by atoms with Crippen LogP contribution in [0.1, 0.15) is 5.82 Å². The largest absolute Gasteiger partial charge is 0.497 e. The van der Waals surface area contributed by atoms with E-state index in [0.29, 0.717) is 49.3 Å². The maximum Gasteiger partial charge on any atom is 0.246 e. The van der Waals surface area contributed by atoms with E-state index < -0.39 is 10.0 Å². The molecular weight excluding hydrogens is 456 g/mol. The fourth-order valence-electron chi connectivity index (χ4n) is 3.54. The molecule has 1 aliphatic heterocycles. The van der Waals surface area contributed by atoms with Crippen LogP contribution in [0.5, 0.6) is 11.5 Å². The van der Waals surface area contributed by atoms with Crippen LogP contribution in [0, 0.1) is 0 Å². The van der Waals surface area contributed by atoms with E-state index in [1.54, 1.807) is 28.9 Å². The maximum absolute atomic E-state index is 13.2. The number of sulfonamides is 1. The summed E-state index contributed by atoms with van der Waals surface area (Å²) in [7, 11) is -0.742. The molecule has 2 aromatic carbocycles. The Morgan fingerprint density at radius 3 is 2.38 bits per heavy atom. The van der Waals surface area contributed by atoms with E-state index in [2.05, 4.69) is 20.4 Å². The Labute approximate surface area is 191 Å². The Morgan fingerprint density at radius 2 is 1.72 bits per heavy atom. The molecule has 10 nitrogen and oxygen atoms in total. The van der Waals surface area contributed by atoms with E-state index in [9.17, 15) is 8.42 Å². The Kier molecular flexibility index (Phi) is 6.60. The van der Waals surface area contributed by atoms with Gasteiger partial charge in [-0.2, -0.15) is 8.99 Å². The van der Waals surface area contributed by atoms with Crippen LogP contribution in [-0.2, 0) is 16.6 Å². The third-order valence-electron chi connectivity index (χ3n) is 5.29. The fraction of sp³-hybridized carbons (Fsp3) is 0.350. The van der Waals surface area contributed by atoms with Gasteiger partial charge in [0.15, 0.2) is 5.82 Å². The standard InChI is InChI=1S/C20H23ClN6O4S/c1-30-17-7-8-19(18(13-17)31-2)32(28,29)26-11-9-25(10-12-26)14-20-22-23-24-27(20)16-5-3-15(21)4-6-16/h3-8,13H,9-12,14H2,1-2H3. The smallest absolute Gasteiger partial charge is 0.246 e. The van der Waals surface area contributed by atoms with E-state index in [1.165, 1.54) is 24.6 Å². The summed E-state index contributed by atoms with van der Waals surface area (Å²) in [6, 6.07) is 11.9. The fourth-order valence-corrected chi connectivity index (χ4v) is 5.23. The summed E-state index contributed by atoms with van der Waals surface area (Å²) < 4.78 is 40.0. The summed E-state index contributed by atoms with van der Waals surface area (Å²) >= 11 is 5.96. The summed E-state index contributed by atoms with van der Waals surface area (Å²) in [5.41, 5.74) is 0.808. The van der Waals surface area contributed by atoms with Gasteiger partial charge in [0.1, 0.15) is 16.4 Å². The summed E-state index contributed by atoms with van der Waals surface area (Å²) in [5.74, 6) is 1.46. The lowest BCUT2D eigenvalue weighted by atomic mass is 10.3. The monoisotopic (exact) mass is 478 g/mol. The predicted molar refractivity (Wildman–Crippen MR) is 118 cm³/mol. The third kappa shape index (κ3) is 4.56. The summed E-state index contributed by atoms with van der Waals surface area (Å²) in [5, 5.41) is 12.6. The van der Waals surface area contributed by atoms with Crippen LogP contribution in [-0.4, -0.2) is 78.2 Å². The zero-order chi connectivity index (χ0) is 22.7. The van der Waals surface area contributed by atoms with Crippen molar-refractivity contribution in [3.63, 3.8) is 0 Å². The molecule has 0 amide bonds. The Balaban J connectivity index is 1.44. The average Bonchev–Trinajstić information content (AvgIpc) is 3.27. The minimum atomic E-state index is -3.70. The number of halogens is 1. The Bertz CT molecular complexity index is 1180. The number of hydrogen-bond donors (Lipinski definition) is 0. The van der Waals surface area contributed by atoms with Crippen molar-refractivity contribution in [2.75, 3.05) is 40.4 Å². The topological polar surface area (TPSA) is 103 Å². The molecule has 0 spiro atoms. The van der Waals surface area contributed by atoms with Gasteiger partial charge in [-0.05, 0) is 46.8 Å². The molecule has 0 unspecified atom stereocenters. The first-order valence-electron chi connectivity index (χ1n) is 9.90. The van der Waals surface area contributed by atoms with Crippen molar-refractivity contribution < 1.29 is 17.9 Å². The molecule has 3 aromatic rings. The van der Waals surface area contributed by atoms with Crippen molar-refractivity contribution in [2.24, 2.45) is 0 Å². The number of tetrazole rings is 1. The van der Waals surface area contributed by atoms with Crippen molar-refractivity contribution in [3.05, 3.63) is 53.3 Å². The van der Waals surface area contributed by atoms with Crippen molar-refractivity contribution in [1.82, 2.24) is 29.4 Å². The van der Waals surface area contributed by atoms with E-state index in [0.717, 1.165) is 5.69 Å². The summed E-state index contributed by atoms with van der Waals surface area (Å²) in [6.07, 6.45) is 0. The van der Waals surface area contributed by atoms with Crippen molar-refractivity contribution in [2.45, 2.75) is 11.4 Å². The minimum Gasteiger partial charge on any atom is -0.497 e. The highest BCUT2D eigenvalue weighted by atomic mass is 35.5. The molecule has 1 aromatic heterocycles. The van der Waals surface area contributed by atoms with Gasteiger partial charge in [-0.15, -0.1) is 5.10 Å². The van der Waals surface area contributed by atoms with Crippen LogP contribution in [0.25, 0.3) is 5.69 Å². The SMILES string of the molecule is COc1ccc(S(=O)(=O)N2CCN(Cc3nnnn3-c3ccc(Cl)cc3)CC2)c(OC)c1. The lowest BCUT2D eigenvalue weighted by Crippen LogP contribution is -2.48. The quantitative estimate of drug-likeness (QED) is 0.507. The zero-order valence-corrected chi connectivity index (χ0v) is 19.3. The van der Waals surface area contributed by atoms with Crippen molar-refractivity contribution in [1.29, 1.82) is 0 Å². The van der Waals surface area contributed by atoms with Gasteiger partial charge in [-0.3, -0.25) is 4.90 Å². The molecule has 32 heavy (non-hydrogen) atoms. The molecule has 0 atom stereocenters. The van der Waals surface area contributed by atoms with E-state index >= 15 is 0 Å². The number of piperazine rings is 1. The number of methoxy groups -OCH3 is 2. The van der Waals surface area contributed by atoms with Crippen LogP contribution in [0.4, 0.5) is 0 Å². The van der Waals surface area contributed by atoms with Crippen LogP contribution in [0.3, 0.4) is 0 Å². The molecule has 2 heterocycles. The lowest BCUT2D eigenvalue weighted by molar-refractivity contribution is 0.177. The van der Waals surface area contributed by atoms with Gasteiger partial charge in [0, 0.05) is 37.3 Å². The second-order valence-corrected chi connectivity index (χ2v) is 9.52. The number of aromatic nitrogens is 4. The molecule has 0 N–H and O–H groups in total. The first kappa shape index (κ1) is 22.5. The number of ether oxygens (including phenoxy) is 2. The molecule has 0 radical (unpaired) electrons. The van der Waals surface area contributed by atoms with Gasteiger partial charge >= 0.3 is 0 Å². The predicted octanol–water partition coefficient (Wildman–Crippen LogP) is 1.84. The zero-order valence-electron chi connectivity index (χ0n) is 17.7. The molecule has 1 saturated heterocycles. The second kappa shape index (κ2) is 9.41. The van der Waals surface area contributed by atoms with E-state index in [4.69, 9.17) is 21.1 Å². The average molecular weight is 479 g/mol. The molecule has 0 bridgehead atoms. The van der Waals surface area contributed by atoms with Gasteiger partial charge in [-0.1, -0.05) is 11.6 Å². The molecule has 4 rings (SSSR count). The van der Waals surface area contributed by atoms with Crippen LogP contribution in [0.2, 0.25) is 5.02 Å². The van der Waals surface area contributed by atoms with Crippen molar-refractivity contribution in [3.8, 4) is 17.2 Å². The van der Waals surface area contributed by atoms with E-state index in [-0.39, 0.29) is 10.6 Å². The highest BCUT2D eigenvalue weighted by Gasteiger charge is 2.31. The number of rotatable bonds is 7. The lowest BCUT2D eigenvalue weighted by Gasteiger charge is -2.33. The maximum atomic E-state index is 13.2. The van der Waals surface area contributed by atoms with E-state index in [1.807, 2.05) is 12.1 Å². The first-order valence-corrected chi connectivity index (χ1v) is 11.7. The van der Waals surface area contributed by atoms with Gasteiger partial charge in [0.25, 0.3) is 0 Å². The van der Waals surface area contributed by atoms with Crippen molar-refractivity contribution >= 4 is 21.6 Å². The van der Waals surface area contributed by atoms with Crippen LogP contribution in [0.15, 0.2) is 47.4 Å². The molecule has 1 aliphatic rings. The van der Waals surface area contributed by atoms with Gasteiger partial charge < -0.3 is 9.47 Å². The molecule has 12 heteroatoms. The Hall–Kier alpha value is -2.73. The van der Waals surface area contributed by atoms with Crippen LogP contribution >= 0.6 is 11.6 Å². The van der Waals surface area contributed by atoms with Gasteiger partial charge in [0.2, 0.25) is 10.0 Å². The summed E-state index contributed by atoms with van der Waals surface area (Å²) in [6.45, 7) is 2.28. The molecular formula is C20H23ClN6O4S. The van der Waals surface area contributed by atoms with Gasteiger partial charge in [0.05, 0.1) is 26.5 Å². The number of hydrogen-bond acceptors (Lipinski definition) is 8. The molecule has 0 saturated carbocycles. The first-order chi connectivity index (χ1) is 15.4. The number of nitrogens with zero attached hydrogens (tertiary/aromatic N) is 6.